The highest BCUT2D eigenvalue weighted by atomic mass is 32.2. The topological polar surface area (TPSA) is 20.3 Å². The van der Waals surface area contributed by atoms with Gasteiger partial charge in [-0.1, -0.05) is 0 Å². The molecule has 0 heterocycles. The number of thioether (sulfide) groups is 1. The minimum absolute atomic E-state index is 0.0382. The average molecular weight is 259 g/mol. The predicted molar refractivity (Wildman–Crippen MR) is 65.0 cm³/mol. The lowest BCUT2D eigenvalue weighted by Gasteiger charge is -2.18. The zero-order valence-electron chi connectivity index (χ0n) is 9.87. The second kappa shape index (κ2) is 6.59. The average Bonchev–Trinajstić information content (AvgIpc) is 2.29. The molecule has 0 aromatic heterocycles. The maximum Gasteiger partial charge on any atom is 0.232 e. The van der Waals surface area contributed by atoms with Crippen LogP contribution >= 0.6 is 11.8 Å². The molecule has 0 N–H and O–H groups in total. The first-order valence-electron chi connectivity index (χ1n) is 5.44. The zero-order valence-corrected chi connectivity index (χ0v) is 10.7. The highest BCUT2D eigenvalue weighted by Gasteiger charge is 2.11. The summed E-state index contributed by atoms with van der Waals surface area (Å²) in [7, 11) is 0. The first-order chi connectivity index (χ1) is 8.08. The van der Waals surface area contributed by atoms with Crippen LogP contribution in [0.1, 0.15) is 13.8 Å². The van der Waals surface area contributed by atoms with Crippen LogP contribution in [0, 0.1) is 11.6 Å². The van der Waals surface area contributed by atoms with Gasteiger partial charge in [-0.3, -0.25) is 4.79 Å². The second-order valence-electron chi connectivity index (χ2n) is 3.43. The molecule has 1 aromatic rings. The van der Waals surface area contributed by atoms with Crippen LogP contribution in [0.3, 0.4) is 0 Å². The van der Waals surface area contributed by atoms with Crippen molar-refractivity contribution in [3.8, 4) is 0 Å². The third kappa shape index (κ3) is 4.00. The molecule has 0 aliphatic heterocycles. The number of benzene rings is 1. The van der Waals surface area contributed by atoms with Crippen molar-refractivity contribution in [3.63, 3.8) is 0 Å². The fourth-order valence-corrected chi connectivity index (χ4v) is 2.22. The standard InChI is InChI=1S/C12H15F2NOS/c1-3-15(4-2)12(16)8-17-11-6-5-9(13)7-10(11)14/h5-7H,3-4,8H2,1-2H3. The van der Waals surface area contributed by atoms with Gasteiger partial charge in [-0.05, 0) is 26.0 Å². The first kappa shape index (κ1) is 14.0. The van der Waals surface area contributed by atoms with Gasteiger partial charge in [0.2, 0.25) is 5.91 Å². The van der Waals surface area contributed by atoms with Crippen molar-refractivity contribution in [2.45, 2.75) is 18.7 Å². The quantitative estimate of drug-likeness (QED) is 0.758. The van der Waals surface area contributed by atoms with E-state index >= 15 is 0 Å². The van der Waals surface area contributed by atoms with Crippen LogP contribution in [0.5, 0.6) is 0 Å². The summed E-state index contributed by atoms with van der Waals surface area (Å²) in [6, 6.07) is 3.36. The summed E-state index contributed by atoms with van der Waals surface area (Å²) in [4.78, 5) is 13.6. The van der Waals surface area contributed by atoms with Crippen molar-refractivity contribution in [2.75, 3.05) is 18.8 Å². The summed E-state index contributed by atoms with van der Waals surface area (Å²) in [6.07, 6.45) is 0. The Bertz CT molecular complexity index is 394. The van der Waals surface area contributed by atoms with Gasteiger partial charge in [-0.2, -0.15) is 0 Å². The molecule has 0 fully saturated rings. The smallest absolute Gasteiger partial charge is 0.232 e. The lowest BCUT2D eigenvalue weighted by atomic mass is 10.3. The lowest BCUT2D eigenvalue weighted by Crippen LogP contribution is -2.31. The van der Waals surface area contributed by atoms with Gasteiger partial charge in [-0.25, -0.2) is 8.78 Å². The van der Waals surface area contributed by atoms with Gasteiger partial charge < -0.3 is 4.90 Å². The van der Waals surface area contributed by atoms with Crippen LogP contribution in [0.25, 0.3) is 0 Å². The van der Waals surface area contributed by atoms with Crippen molar-refractivity contribution in [3.05, 3.63) is 29.8 Å². The molecule has 1 amide bonds. The van der Waals surface area contributed by atoms with Gasteiger partial charge >= 0.3 is 0 Å². The van der Waals surface area contributed by atoms with Crippen molar-refractivity contribution < 1.29 is 13.6 Å². The van der Waals surface area contributed by atoms with Gasteiger partial charge in [-0.15, -0.1) is 11.8 Å². The van der Waals surface area contributed by atoms with E-state index in [9.17, 15) is 13.6 Å². The van der Waals surface area contributed by atoms with E-state index in [1.54, 1.807) is 4.90 Å². The molecule has 0 unspecified atom stereocenters. The number of hydrogen-bond donors (Lipinski definition) is 0. The molecule has 5 heteroatoms. The van der Waals surface area contributed by atoms with Crippen LogP contribution in [0.15, 0.2) is 23.1 Å². The molecule has 1 rings (SSSR count). The van der Waals surface area contributed by atoms with E-state index in [-0.39, 0.29) is 11.7 Å². The molecule has 0 atom stereocenters. The number of halogens is 2. The zero-order chi connectivity index (χ0) is 12.8. The van der Waals surface area contributed by atoms with Gasteiger partial charge in [0.1, 0.15) is 11.6 Å². The van der Waals surface area contributed by atoms with Crippen LogP contribution in [-0.2, 0) is 4.79 Å². The van der Waals surface area contributed by atoms with E-state index in [1.807, 2.05) is 13.8 Å². The Kier molecular flexibility index (Phi) is 5.41. The SMILES string of the molecule is CCN(CC)C(=O)CSc1ccc(F)cc1F. The van der Waals surface area contributed by atoms with Gasteiger partial charge in [0.15, 0.2) is 0 Å². The summed E-state index contributed by atoms with van der Waals surface area (Å²) < 4.78 is 25.9. The Labute approximate surface area is 104 Å². The molecule has 0 aliphatic carbocycles. The number of carbonyl (C=O) groups is 1. The summed E-state index contributed by atoms with van der Waals surface area (Å²) >= 11 is 1.09. The Morgan fingerprint density at radius 2 is 1.94 bits per heavy atom. The van der Waals surface area contributed by atoms with Crippen molar-refractivity contribution in [1.29, 1.82) is 0 Å². The molecule has 0 bridgehead atoms. The van der Waals surface area contributed by atoms with E-state index < -0.39 is 11.6 Å². The molecule has 0 radical (unpaired) electrons. The highest BCUT2D eigenvalue weighted by Crippen LogP contribution is 2.22. The number of hydrogen-bond acceptors (Lipinski definition) is 2. The summed E-state index contributed by atoms with van der Waals surface area (Å²) in [5, 5.41) is 0. The molecule has 0 aliphatic rings. The van der Waals surface area contributed by atoms with E-state index in [0.29, 0.717) is 18.0 Å². The second-order valence-corrected chi connectivity index (χ2v) is 4.45. The maximum atomic E-state index is 13.3. The highest BCUT2D eigenvalue weighted by molar-refractivity contribution is 8.00. The van der Waals surface area contributed by atoms with Crippen molar-refractivity contribution in [1.82, 2.24) is 4.90 Å². The fraction of sp³-hybridized carbons (Fsp3) is 0.417. The minimum Gasteiger partial charge on any atom is -0.343 e. The first-order valence-corrected chi connectivity index (χ1v) is 6.42. The van der Waals surface area contributed by atoms with E-state index in [4.69, 9.17) is 0 Å². The minimum atomic E-state index is -0.623. The number of amides is 1. The molecular formula is C12H15F2NOS. The van der Waals surface area contributed by atoms with Gasteiger partial charge in [0.25, 0.3) is 0 Å². The predicted octanol–water partition coefficient (Wildman–Crippen LogP) is 2.93. The molecule has 0 saturated heterocycles. The molecule has 0 spiro atoms. The van der Waals surface area contributed by atoms with E-state index in [1.165, 1.54) is 12.1 Å². The monoisotopic (exact) mass is 259 g/mol. The Morgan fingerprint density at radius 3 is 2.47 bits per heavy atom. The van der Waals surface area contributed by atoms with Crippen LogP contribution in [0.2, 0.25) is 0 Å². The molecule has 2 nitrogen and oxygen atoms in total. The number of rotatable bonds is 5. The third-order valence-electron chi connectivity index (χ3n) is 2.36. The van der Waals surface area contributed by atoms with Crippen LogP contribution in [-0.4, -0.2) is 29.6 Å². The van der Waals surface area contributed by atoms with Crippen LogP contribution in [0.4, 0.5) is 8.78 Å². The normalized spacial score (nSPS) is 10.4. The molecular weight excluding hydrogens is 244 g/mol. The maximum absolute atomic E-state index is 13.3. The lowest BCUT2D eigenvalue weighted by molar-refractivity contribution is -0.127. The van der Waals surface area contributed by atoms with Crippen molar-refractivity contribution in [2.24, 2.45) is 0 Å². The molecule has 17 heavy (non-hydrogen) atoms. The fourth-order valence-electron chi connectivity index (χ4n) is 1.40. The molecule has 1 aromatic carbocycles. The van der Waals surface area contributed by atoms with Crippen LogP contribution < -0.4 is 0 Å². The summed E-state index contributed by atoms with van der Waals surface area (Å²) in [6.45, 7) is 5.07. The Hall–Kier alpha value is -1.10. The largest absolute Gasteiger partial charge is 0.343 e. The van der Waals surface area contributed by atoms with E-state index in [2.05, 4.69) is 0 Å². The Morgan fingerprint density at radius 1 is 1.29 bits per heavy atom. The molecule has 94 valence electrons. The molecule has 0 saturated carbocycles. The third-order valence-corrected chi connectivity index (χ3v) is 3.39. The van der Waals surface area contributed by atoms with Gasteiger partial charge in [0.05, 0.1) is 5.75 Å². The van der Waals surface area contributed by atoms with Gasteiger partial charge in [0, 0.05) is 24.1 Å². The van der Waals surface area contributed by atoms with E-state index in [0.717, 1.165) is 17.8 Å². The summed E-state index contributed by atoms with van der Waals surface area (Å²) in [5.74, 6) is -1.10. The Balaban J connectivity index is 2.58. The number of carbonyl (C=O) groups excluding carboxylic acids is 1. The summed E-state index contributed by atoms with van der Waals surface area (Å²) in [5.41, 5.74) is 0. The van der Waals surface area contributed by atoms with Crippen molar-refractivity contribution >= 4 is 17.7 Å². The number of nitrogens with zero attached hydrogens (tertiary/aromatic N) is 1.